The molecule has 1 aromatic carbocycles. The van der Waals surface area contributed by atoms with Gasteiger partial charge in [0.05, 0.1) is 0 Å². The fourth-order valence-electron chi connectivity index (χ4n) is 1.88. The molecular weight excluding hydrogens is 224 g/mol. The van der Waals surface area contributed by atoms with Crippen LogP contribution in [0.15, 0.2) is 30.3 Å². The Morgan fingerprint density at radius 2 is 1.94 bits per heavy atom. The number of rotatable bonds is 7. The van der Waals surface area contributed by atoms with E-state index in [2.05, 4.69) is 24.4 Å². The Labute approximate surface area is 110 Å². The monoisotopic (exact) mass is 248 g/mol. The first-order valence-corrected chi connectivity index (χ1v) is 6.68. The number of nitrogens with one attached hydrogen (secondary N) is 1. The van der Waals surface area contributed by atoms with Gasteiger partial charge in [-0.2, -0.15) is 0 Å². The minimum absolute atomic E-state index is 0.0523. The first kappa shape index (κ1) is 14.7. The van der Waals surface area contributed by atoms with Gasteiger partial charge >= 0.3 is 0 Å². The molecule has 1 aromatic rings. The molecule has 100 valence electrons. The van der Waals surface area contributed by atoms with Crippen molar-refractivity contribution in [1.82, 2.24) is 5.32 Å². The van der Waals surface area contributed by atoms with Crippen LogP contribution < -0.4 is 11.1 Å². The Kier molecular flexibility index (Phi) is 6.44. The largest absolute Gasteiger partial charge is 0.355 e. The maximum Gasteiger partial charge on any atom is 0.222 e. The zero-order valence-corrected chi connectivity index (χ0v) is 11.4. The third-order valence-electron chi connectivity index (χ3n) is 3.24. The molecule has 0 aromatic heterocycles. The van der Waals surface area contributed by atoms with E-state index in [4.69, 9.17) is 5.73 Å². The summed E-state index contributed by atoms with van der Waals surface area (Å²) in [5.41, 5.74) is 6.70. The molecule has 0 aliphatic carbocycles. The molecule has 3 N–H and O–H groups in total. The van der Waals surface area contributed by atoms with E-state index < -0.39 is 0 Å². The molecule has 2 unspecified atom stereocenters. The van der Waals surface area contributed by atoms with Crippen molar-refractivity contribution in [2.75, 3.05) is 13.1 Å². The highest BCUT2D eigenvalue weighted by atomic mass is 16.1. The SMILES string of the molecule is CC(CCCN)C(=O)NCC(C)c1ccccc1. The molecular formula is C15H24N2O. The van der Waals surface area contributed by atoms with Gasteiger partial charge in [-0.15, -0.1) is 0 Å². The molecule has 3 heteroatoms. The van der Waals surface area contributed by atoms with Crippen LogP contribution in [0, 0.1) is 5.92 Å². The molecule has 0 radical (unpaired) electrons. The zero-order valence-electron chi connectivity index (χ0n) is 11.4. The zero-order chi connectivity index (χ0) is 13.4. The average molecular weight is 248 g/mol. The van der Waals surface area contributed by atoms with E-state index in [0.717, 1.165) is 12.8 Å². The highest BCUT2D eigenvalue weighted by Crippen LogP contribution is 2.13. The van der Waals surface area contributed by atoms with Crippen LogP contribution in [0.1, 0.15) is 38.2 Å². The van der Waals surface area contributed by atoms with E-state index in [1.165, 1.54) is 5.56 Å². The summed E-state index contributed by atoms with van der Waals surface area (Å²) in [5, 5.41) is 3.01. The Morgan fingerprint density at radius 1 is 1.28 bits per heavy atom. The van der Waals surface area contributed by atoms with Crippen molar-refractivity contribution in [2.24, 2.45) is 11.7 Å². The first-order chi connectivity index (χ1) is 8.65. The number of hydrogen-bond acceptors (Lipinski definition) is 2. The lowest BCUT2D eigenvalue weighted by Gasteiger charge is -2.16. The summed E-state index contributed by atoms with van der Waals surface area (Å²) in [5.74, 6) is 0.527. The van der Waals surface area contributed by atoms with Crippen molar-refractivity contribution in [3.05, 3.63) is 35.9 Å². The summed E-state index contributed by atoms with van der Waals surface area (Å²) in [4.78, 5) is 11.8. The molecule has 0 aliphatic rings. The maximum absolute atomic E-state index is 11.8. The number of hydrogen-bond donors (Lipinski definition) is 2. The van der Waals surface area contributed by atoms with E-state index in [0.29, 0.717) is 19.0 Å². The molecule has 0 heterocycles. The Balaban J connectivity index is 2.34. The topological polar surface area (TPSA) is 55.1 Å². The summed E-state index contributed by atoms with van der Waals surface area (Å²) < 4.78 is 0. The fraction of sp³-hybridized carbons (Fsp3) is 0.533. The van der Waals surface area contributed by atoms with Crippen molar-refractivity contribution < 1.29 is 4.79 Å². The standard InChI is InChI=1S/C15H24N2O/c1-12(7-6-10-16)15(18)17-11-13(2)14-8-4-3-5-9-14/h3-5,8-9,12-13H,6-7,10-11,16H2,1-2H3,(H,17,18). The Hall–Kier alpha value is -1.35. The predicted molar refractivity (Wildman–Crippen MR) is 75.3 cm³/mol. The van der Waals surface area contributed by atoms with Gasteiger partial charge in [-0.3, -0.25) is 4.79 Å². The minimum atomic E-state index is 0.0523. The van der Waals surface area contributed by atoms with Crippen LogP contribution in [0.5, 0.6) is 0 Å². The van der Waals surface area contributed by atoms with Crippen LogP contribution in [-0.4, -0.2) is 19.0 Å². The third kappa shape index (κ3) is 4.88. The van der Waals surface area contributed by atoms with Gasteiger partial charge in [-0.1, -0.05) is 44.2 Å². The number of benzene rings is 1. The Bertz CT molecular complexity index is 351. The Morgan fingerprint density at radius 3 is 2.56 bits per heavy atom. The van der Waals surface area contributed by atoms with Crippen LogP contribution in [0.2, 0.25) is 0 Å². The molecule has 2 atom stereocenters. The lowest BCUT2D eigenvalue weighted by atomic mass is 10.0. The second kappa shape index (κ2) is 7.88. The molecule has 0 bridgehead atoms. The molecule has 1 amide bonds. The molecule has 0 aliphatic heterocycles. The molecule has 0 saturated carbocycles. The minimum Gasteiger partial charge on any atom is -0.355 e. The lowest BCUT2D eigenvalue weighted by Crippen LogP contribution is -2.32. The quantitative estimate of drug-likeness (QED) is 0.778. The summed E-state index contributed by atoms with van der Waals surface area (Å²) in [7, 11) is 0. The van der Waals surface area contributed by atoms with E-state index in [1.807, 2.05) is 25.1 Å². The normalized spacial score (nSPS) is 13.9. The molecule has 0 fully saturated rings. The van der Waals surface area contributed by atoms with Crippen molar-refractivity contribution in [1.29, 1.82) is 0 Å². The molecule has 0 spiro atoms. The maximum atomic E-state index is 11.8. The fourth-order valence-corrected chi connectivity index (χ4v) is 1.88. The highest BCUT2D eigenvalue weighted by Gasteiger charge is 2.13. The number of amides is 1. The molecule has 0 saturated heterocycles. The number of nitrogens with two attached hydrogens (primary N) is 1. The summed E-state index contributed by atoms with van der Waals surface area (Å²) >= 11 is 0. The molecule has 1 rings (SSSR count). The van der Waals surface area contributed by atoms with E-state index >= 15 is 0 Å². The van der Waals surface area contributed by atoms with Gasteiger partial charge in [0.15, 0.2) is 0 Å². The van der Waals surface area contributed by atoms with Crippen molar-refractivity contribution >= 4 is 5.91 Å². The summed E-state index contributed by atoms with van der Waals surface area (Å²) in [6.45, 7) is 5.42. The number of carbonyl (C=O) groups is 1. The van der Waals surface area contributed by atoms with Gasteiger partial charge in [0.1, 0.15) is 0 Å². The summed E-state index contributed by atoms with van der Waals surface area (Å²) in [6, 6.07) is 10.2. The van der Waals surface area contributed by atoms with Crippen LogP contribution in [-0.2, 0) is 4.79 Å². The van der Waals surface area contributed by atoms with E-state index in [9.17, 15) is 4.79 Å². The van der Waals surface area contributed by atoms with Gasteiger partial charge in [0.25, 0.3) is 0 Å². The summed E-state index contributed by atoms with van der Waals surface area (Å²) in [6.07, 6.45) is 1.77. The second-order valence-corrected chi connectivity index (χ2v) is 4.89. The first-order valence-electron chi connectivity index (χ1n) is 6.68. The van der Waals surface area contributed by atoms with Crippen LogP contribution >= 0.6 is 0 Å². The average Bonchev–Trinajstić information content (AvgIpc) is 2.42. The van der Waals surface area contributed by atoms with E-state index in [1.54, 1.807) is 0 Å². The van der Waals surface area contributed by atoms with Gasteiger partial charge in [-0.05, 0) is 30.9 Å². The van der Waals surface area contributed by atoms with Crippen LogP contribution in [0.3, 0.4) is 0 Å². The lowest BCUT2D eigenvalue weighted by molar-refractivity contribution is -0.124. The second-order valence-electron chi connectivity index (χ2n) is 4.89. The predicted octanol–water partition coefficient (Wildman–Crippen LogP) is 2.28. The van der Waals surface area contributed by atoms with Crippen LogP contribution in [0.25, 0.3) is 0 Å². The highest BCUT2D eigenvalue weighted by molar-refractivity contribution is 5.78. The van der Waals surface area contributed by atoms with Gasteiger partial charge in [0, 0.05) is 12.5 Å². The van der Waals surface area contributed by atoms with Gasteiger partial charge in [0.2, 0.25) is 5.91 Å². The van der Waals surface area contributed by atoms with E-state index in [-0.39, 0.29) is 11.8 Å². The third-order valence-corrected chi connectivity index (χ3v) is 3.24. The van der Waals surface area contributed by atoms with Crippen molar-refractivity contribution in [2.45, 2.75) is 32.6 Å². The molecule has 3 nitrogen and oxygen atoms in total. The van der Waals surface area contributed by atoms with Gasteiger partial charge < -0.3 is 11.1 Å². The van der Waals surface area contributed by atoms with Crippen molar-refractivity contribution in [3.8, 4) is 0 Å². The smallest absolute Gasteiger partial charge is 0.222 e. The number of carbonyl (C=O) groups excluding carboxylic acids is 1. The molecule has 18 heavy (non-hydrogen) atoms. The van der Waals surface area contributed by atoms with Crippen LogP contribution in [0.4, 0.5) is 0 Å². The van der Waals surface area contributed by atoms with Crippen molar-refractivity contribution in [3.63, 3.8) is 0 Å². The van der Waals surface area contributed by atoms with Gasteiger partial charge in [-0.25, -0.2) is 0 Å².